The van der Waals surface area contributed by atoms with Gasteiger partial charge in [-0.15, -0.1) is 0 Å². The van der Waals surface area contributed by atoms with Crippen LogP contribution in [0.2, 0.25) is 0 Å². The van der Waals surface area contributed by atoms with Crippen LogP contribution in [-0.2, 0) is 4.74 Å². The van der Waals surface area contributed by atoms with E-state index in [2.05, 4.69) is 0 Å². The smallest absolute Gasteiger partial charge is 0.409 e. The fourth-order valence-electron chi connectivity index (χ4n) is 1.88. The number of cyclic esters (lactones) is 1. The van der Waals surface area contributed by atoms with Gasteiger partial charge in [0.2, 0.25) is 0 Å². The Hall–Kier alpha value is -0.770. The first kappa shape index (κ1) is 8.81. The third kappa shape index (κ3) is 1.77. The standard InChI is InChI=1S/C9H15NO3/c11-5-3-9(1-2-9)7-10-4-6-13-8(10)12/h11H,1-7H2. The van der Waals surface area contributed by atoms with E-state index in [4.69, 9.17) is 9.84 Å². The monoisotopic (exact) mass is 185 g/mol. The molecule has 1 saturated heterocycles. The van der Waals surface area contributed by atoms with Crippen molar-refractivity contribution >= 4 is 6.09 Å². The van der Waals surface area contributed by atoms with Gasteiger partial charge in [-0.05, 0) is 24.7 Å². The average Bonchev–Trinajstić information content (AvgIpc) is 2.73. The number of hydrogen-bond donors (Lipinski definition) is 1. The van der Waals surface area contributed by atoms with Crippen molar-refractivity contribution in [1.29, 1.82) is 0 Å². The van der Waals surface area contributed by atoms with E-state index >= 15 is 0 Å². The van der Waals surface area contributed by atoms with Crippen LogP contribution in [0.5, 0.6) is 0 Å². The van der Waals surface area contributed by atoms with Gasteiger partial charge in [-0.2, -0.15) is 0 Å². The topological polar surface area (TPSA) is 49.8 Å². The minimum Gasteiger partial charge on any atom is -0.448 e. The van der Waals surface area contributed by atoms with Crippen molar-refractivity contribution in [2.75, 3.05) is 26.3 Å². The minimum atomic E-state index is -0.191. The highest BCUT2D eigenvalue weighted by molar-refractivity contribution is 5.69. The normalized spacial score (nSPS) is 24.7. The van der Waals surface area contributed by atoms with Crippen molar-refractivity contribution in [3.05, 3.63) is 0 Å². The Balaban J connectivity index is 1.86. The number of aliphatic hydroxyl groups excluding tert-OH is 1. The molecule has 4 nitrogen and oxygen atoms in total. The van der Waals surface area contributed by atoms with Crippen molar-refractivity contribution in [1.82, 2.24) is 4.90 Å². The van der Waals surface area contributed by atoms with Crippen molar-refractivity contribution < 1.29 is 14.6 Å². The van der Waals surface area contributed by atoms with Gasteiger partial charge < -0.3 is 14.7 Å². The third-order valence-corrected chi connectivity index (χ3v) is 2.97. The third-order valence-electron chi connectivity index (χ3n) is 2.97. The molecular formula is C9H15NO3. The largest absolute Gasteiger partial charge is 0.448 e. The molecule has 2 rings (SSSR count). The zero-order valence-electron chi connectivity index (χ0n) is 7.66. The molecule has 0 aromatic rings. The van der Waals surface area contributed by atoms with Gasteiger partial charge in [0.1, 0.15) is 6.61 Å². The summed E-state index contributed by atoms with van der Waals surface area (Å²) in [6.07, 6.45) is 2.90. The summed E-state index contributed by atoms with van der Waals surface area (Å²) in [6, 6.07) is 0. The second-order valence-corrected chi connectivity index (χ2v) is 4.01. The number of aliphatic hydroxyl groups is 1. The molecule has 1 amide bonds. The number of rotatable bonds is 4. The lowest BCUT2D eigenvalue weighted by Gasteiger charge is -2.20. The van der Waals surface area contributed by atoms with Crippen LogP contribution in [0.1, 0.15) is 19.3 Å². The summed E-state index contributed by atoms with van der Waals surface area (Å²) in [5.41, 5.74) is 0.220. The molecule has 0 aromatic heterocycles. The van der Waals surface area contributed by atoms with Gasteiger partial charge in [0.15, 0.2) is 0 Å². The van der Waals surface area contributed by atoms with Crippen molar-refractivity contribution in [3.8, 4) is 0 Å². The molecule has 4 heteroatoms. The van der Waals surface area contributed by atoms with E-state index in [1.165, 1.54) is 0 Å². The molecule has 2 aliphatic rings. The number of carbonyl (C=O) groups excluding carboxylic acids is 1. The molecule has 1 N–H and O–H groups in total. The molecule has 1 saturated carbocycles. The second-order valence-electron chi connectivity index (χ2n) is 4.01. The molecule has 0 bridgehead atoms. The first-order valence-electron chi connectivity index (χ1n) is 4.78. The van der Waals surface area contributed by atoms with Crippen molar-refractivity contribution in [2.45, 2.75) is 19.3 Å². The SMILES string of the molecule is O=C1OCCN1CC1(CCO)CC1. The Morgan fingerprint density at radius 2 is 2.31 bits per heavy atom. The first-order chi connectivity index (χ1) is 6.26. The summed E-state index contributed by atoms with van der Waals surface area (Å²) in [5, 5.41) is 8.85. The second kappa shape index (κ2) is 3.18. The highest BCUT2D eigenvalue weighted by Crippen LogP contribution is 2.49. The molecule has 0 unspecified atom stereocenters. The number of nitrogens with zero attached hydrogens (tertiary/aromatic N) is 1. The van der Waals surface area contributed by atoms with Crippen LogP contribution in [0.25, 0.3) is 0 Å². The molecule has 1 aliphatic carbocycles. The molecule has 0 atom stereocenters. The predicted octanol–water partition coefficient (Wildman–Crippen LogP) is 0.601. The molecule has 0 spiro atoms. The minimum absolute atomic E-state index is 0.191. The first-order valence-corrected chi connectivity index (χ1v) is 4.78. The Morgan fingerprint density at radius 1 is 1.54 bits per heavy atom. The maximum atomic E-state index is 11.1. The van der Waals surface area contributed by atoms with Crippen LogP contribution < -0.4 is 0 Å². The fourth-order valence-corrected chi connectivity index (χ4v) is 1.88. The zero-order chi connectivity index (χ0) is 9.31. The molecule has 13 heavy (non-hydrogen) atoms. The predicted molar refractivity (Wildman–Crippen MR) is 46.3 cm³/mol. The highest BCUT2D eigenvalue weighted by atomic mass is 16.6. The van der Waals surface area contributed by atoms with Gasteiger partial charge in [-0.3, -0.25) is 0 Å². The van der Waals surface area contributed by atoms with E-state index < -0.39 is 0 Å². The Labute approximate surface area is 77.5 Å². The van der Waals surface area contributed by atoms with Crippen LogP contribution in [0, 0.1) is 5.41 Å². The van der Waals surface area contributed by atoms with E-state index in [0.717, 1.165) is 25.8 Å². The van der Waals surface area contributed by atoms with Crippen LogP contribution >= 0.6 is 0 Å². The number of amides is 1. The lowest BCUT2D eigenvalue weighted by atomic mass is 10.0. The maximum absolute atomic E-state index is 11.1. The van der Waals surface area contributed by atoms with E-state index in [1.54, 1.807) is 4.90 Å². The summed E-state index contributed by atoms with van der Waals surface area (Å²) in [6.45, 7) is 2.23. The Bertz CT molecular complexity index is 213. The zero-order valence-corrected chi connectivity index (χ0v) is 7.66. The van der Waals surface area contributed by atoms with Crippen LogP contribution in [0.15, 0.2) is 0 Å². The summed E-state index contributed by atoms with van der Waals surface area (Å²) < 4.78 is 4.84. The number of ether oxygens (including phenoxy) is 1. The quantitative estimate of drug-likeness (QED) is 0.697. The number of hydrogen-bond acceptors (Lipinski definition) is 3. The summed E-state index contributed by atoms with van der Waals surface area (Å²) >= 11 is 0. The van der Waals surface area contributed by atoms with Crippen LogP contribution in [-0.4, -0.2) is 42.4 Å². The molecule has 0 aromatic carbocycles. The highest BCUT2D eigenvalue weighted by Gasteiger charge is 2.45. The average molecular weight is 185 g/mol. The van der Waals surface area contributed by atoms with Gasteiger partial charge >= 0.3 is 6.09 Å². The lowest BCUT2D eigenvalue weighted by molar-refractivity contribution is 0.148. The summed E-state index contributed by atoms with van der Waals surface area (Å²) in [5.74, 6) is 0. The van der Waals surface area contributed by atoms with E-state index in [0.29, 0.717) is 13.2 Å². The van der Waals surface area contributed by atoms with E-state index in [1.807, 2.05) is 0 Å². The Morgan fingerprint density at radius 3 is 2.77 bits per heavy atom. The van der Waals surface area contributed by atoms with E-state index in [-0.39, 0.29) is 18.1 Å². The van der Waals surface area contributed by atoms with Crippen molar-refractivity contribution in [3.63, 3.8) is 0 Å². The van der Waals surface area contributed by atoms with Gasteiger partial charge in [-0.25, -0.2) is 4.79 Å². The van der Waals surface area contributed by atoms with Gasteiger partial charge in [0.05, 0.1) is 6.54 Å². The molecule has 1 heterocycles. The van der Waals surface area contributed by atoms with Gasteiger partial charge in [-0.1, -0.05) is 0 Å². The Kier molecular flexibility index (Phi) is 2.15. The van der Waals surface area contributed by atoms with Gasteiger partial charge in [0, 0.05) is 13.2 Å². The summed E-state index contributed by atoms with van der Waals surface area (Å²) in [4.78, 5) is 12.9. The molecule has 74 valence electrons. The molecule has 2 fully saturated rings. The fraction of sp³-hybridized carbons (Fsp3) is 0.889. The van der Waals surface area contributed by atoms with Gasteiger partial charge in [0.25, 0.3) is 0 Å². The van der Waals surface area contributed by atoms with Crippen LogP contribution in [0.4, 0.5) is 4.79 Å². The molecule has 1 aliphatic heterocycles. The van der Waals surface area contributed by atoms with E-state index in [9.17, 15) is 4.79 Å². The lowest BCUT2D eigenvalue weighted by Crippen LogP contribution is -2.31. The van der Waals surface area contributed by atoms with Crippen LogP contribution in [0.3, 0.4) is 0 Å². The summed E-state index contributed by atoms with van der Waals surface area (Å²) in [7, 11) is 0. The van der Waals surface area contributed by atoms with Crippen molar-refractivity contribution in [2.24, 2.45) is 5.41 Å². The maximum Gasteiger partial charge on any atom is 0.409 e. The number of carbonyl (C=O) groups is 1. The molecule has 0 radical (unpaired) electrons. The molecular weight excluding hydrogens is 170 g/mol.